The first-order valence-corrected chi connectivity index (χ1v) is 10.7. The van der Waals surface area contributed by atoms with E-state index in [0.29, 0.717) is 6.54 Å². The largest absolute Gasteiger partial charge is 0.484 e. The van der Waals surface area contributed by atoms with E-state index in [0.717, 1.165) is 44.7 Å². The average Bonchev–Trinajstić information content (AvgIpc) is 3.10. The maximum absolute atomic E-state index is 13.4. The van der Waals surface area contributed by atoms with Gasteiger partial charge in [-0.3, -0.25) is 20.3 Å². The molecule has 2 amide bonds. The van der Waals surface area contributed by atoms with Gasteiger partial charge in [-0.2, -0.15) is 0 Å². The molecule has 8 nitrogen and oxygen atoms in total. The summed E-state index contributed by atoms with van der Waals surface area (Å²) in [6.07, 6.45) is 4.55. The van der Waals surface area contributed by atoms with Crippen LogP contribution in [0.1, 0.15) is 32.1 Å². The van der Waals surface area contributed by atoms with Gasteiger partial charge in [0.2, 0.25) is 5.91 Å². The topological polar surface area (TPSA) is 94.7 Å². The van der Waals surface area contributed by atoms with Crippen LogP contribution in [0.2, 0.25) is 5.02 Å². The van der Waals surface area contributed by atoms with Gasteiger partial charge in [-0.05, 0) is 44.2 Å². The maximum atomic E-state index is 13.4. The average molecular weight is 438 g/mol. The number of ether oxygens (including phenoxy) is 1. The lowest BCUT2D eigenvalue weighted by atomic mass is 9.44. The van der Waals surface area contributed by atoms with Gasteiger partial charge in [-0.15, -0.1) is 0 Å². The molecule has 4 N–H and O–H groups in total. The van der Waals surface area contributed by atoms with Crippen molar-refractivity contribution in [1.29, 1.82) is 0 Å². The lowest BCUT2D eigenvalue weighted by molar-refractivity contribution is -0.153. The Morgan fingerprint density at radius 2 is 2.03 bits per heavy atom. The van der Waals surface area contributed by atoms with E-state index in [2.05, 4.69) is 21.4 Å². The summed E-state index contributed by atoms with van der Waals surface area (Å²) in [4.78, 5) is 25.0. The van der Waals surface area contributed by atoms with E-state index in [1.165, 1.54) is 12.1 Å². The fourth-order valence-electron chi connectivity index (χ4n) is 5.29. The van der Waals surface area contributed by atoms with Crippen LogP contribution in [-0.2, 0) is 9.59 Å². The molecule has 1 aromatic carbocycles. The monoisotopic (exact) mass is 437 g/mol. The predicted octanol–water partition coefficient (Wildman–Crippen LogP) is 0.664. The van der Waals surface area contributed by atoms with E-state index >= 15 is 0 Å². The van der Waals surface area contributed by atoms with Crippen LogP contribution in [0, 0.1) is 5.82 Å². The highest BCUT2D eigenvalue weighted by atomic mass is 35.5. The number of fused-ring (bicyclic) bond motifs is 1. The molecule has 162 valence electrons. The maximum Gasteiger partial charge on any atom is 0.258 e. The SMILES string of the molecule is O=C(COc1ccc(Cl)c(F)c1)NC12CC(NC(=O)C3CNC4CCCNN43)(C1)C2. The van der Waals surface area contributed by atoms with Crippen LogP contribution in [0.25, 0.3) is 0 Å². The minimum Gasteiger partial charge on any atom is -0.484 e. The molecule has 2 unspecified atom stereocenters. The first-order valence-electron chi connectivity index (χ1n) is 10.3. The molecule has 6 rings (SSSR count). The van der Waals surface area contributed by atoms with Crippen molar-refractivity contribution in [3.63, 3.8) is 0 Å². The summed E-state index contributed by atoms with van der Waals surface area (Å²) in [6, 6.07) is 3.85. The molecule has 2 bridgehead atoms. The Hall–Kier alpha value is -1.94. The van der Waals surface area contributed by atoms with E-state index < -0.39 is 5.82 Å². The molecule has 0 spiro atoms. The number of carbonyl (C=O) groups is 2. The molecule has 2 saturated heterocycles. The number of carbonyl (C=O) groups excluding carboxylic acids is 2. The number of hydrogen-bond donors (Lipinski definition) is 4. The standard InChI is InChI=1S/C20H25ClFN5O3/c21-13-4-3-12(6-14(13)22)30-8-17(28)25-19-9-20(10-19,11-19)26-18(29)15-7-23-16-2-1-5-24-27(15)16/h3-4,6,15-16,23-24H,1-2,5,7-11H2,(H,25,28)(H,26,29). The Morgan fingerprint density at radius 1 is 1.27 bits per heavy atom. The van der Waals surface area contributed by atoms with E-state index in [-0.39, 0.29) is 52.5 Å². The summed E-state index contributed by atoms with van der Waals surface area (Å²) >= 11 is 5.64. The number of nitrogens with zero attached hydrogens (tertiary/aromatic N) is 1. The van der Waals surface area contributed by atoms with E-state index in [1.54, 1.807) is 0 Å². The van der Waals surface area contributed by atoms with Crippen molar-refractivity contribution in [3.05, 3.63) is 29.0 Å². The Morgan fingerprint density at radius 3 is 2.80 bits per heavy atom. The van der Waals surface area contributed by atoms with Gasteiger partial charge in [0.15, 0.2) is 6.61 Å². The Bertz CT molecular complexity index is 864. The van der Waals surface area contributed by atoms with E-state index in [1.807, 2.05) is 5.01 Å². The molecule has 5 fully saturated rings. The lowest BCUT2D eigenvalue weighted by Gasteiger charge is -2.70. The van der Waals surface area contributed by atoms with Gasteiger partial charge in [-0.1, -0.05) is 11.6 Å². The molecule has 30 heavy (non-hydrogen) atoms. The smallest absolute Gasteiger partial charge is 0.258 e. The molecule has 0 radical (unpaired) electrons. The van der Waals surface area contributed by atoms with Gasteiger partial charge < -0.3 is 15.4 Å². The van der Waals surface area contributed by atoms with Gasteiger partial charge in [-0.25, -0.2) is 9.40 Å². The number of hydrazine groups is 1. The summed E-state index contributed by atoms with van der Waals surface area (Å²) in [5.74, 6) is -0.559. The third-order valence-corrected chi connectivity index (χ3v) is 6.86. The normalized spacial score (nSPS) is 34.3. The zero-order valence-electron chi connectivity index (χ0n) is 16.5. The third kappa shape index (κ3) is 3.53. The highest BCUT2D eigenvalue weighted by Crippen LogP contribution is 2.60. The summed E-state index contributed by atoms with van der Waals surface area (Å²) in [6.45, 7) is 1.34. The number of amides is 2. The fourth-order valence-corrected chi connectivity index (χ4v) is 5.41. The van der Waals surface area contributed by atoms with Gasteiger partial charge in [0.1, 0.15) is 17.6 Å². The second kappa shape index (κ2) is 7.33. The van der Waals surface area contributed by atoms with E-state index in [4.69, 9.17) is 16.3 Å². The van der Waals surface area contributed by atoms with Crippen molar-refractivity contribution >= 4 is 23.4 Å². The molecule has 2 atom stereocenters. The minimum absolute atomic E-state index is 0.00740. The predicted molar refractivity (Wildman–Crippen MR) is 107 cm³/mol. The van der Waals surface area contributed by atoms with Crippen LogP contribution in [0.4, 0.5) is 4.39 Å². The van der Waals surface area contributed by atoms with E-state index in [9.17, 15) is 14.0 Å². The van der Waals surface area contributed by atoms with Crippen LogP contribution in [0.5, 0.6) is 5.75 Å². The third-order valence-electron chi connectivity index (χ3n) is 6.55. The molecule has 10 heteroatoms. The highest BCUT2D eigenvalue weighted by Gasteiger charge is 2.69. The number of hydrogen-bond acceptors (Lipinski definition) is 6. The quantitative estimate of drug-likeness (QED) is 0.522. The zero-order valence-corrected chi connectivity index (χ0v) is 17.2. The Kier molecular flexibility index (Phi) is 4.89. The fraction of sp³-hybridized carbons (Fsp3) is 0.600. The lowest BCUT2D eigenvalue weighted by Crippen LogP contribution is -2.84. The Labute approximate surface area is 178 Å². The van der Waals surface area contributed by atoms with Gasteiger partial charge >= 0.3 is 0 Å². The summed E-state index contributed by atoms with van der Waals surface area (Å²) in [5.41, 5.74) is 2.85. The second-order valence-electron chi connectivity index (χ2n) is 8.89. The van der Waals surface area contributed by atoms with Gasteiger partial charge in [0.25, 0.3) is 5.91 Å². The summed E-state index contributed by atoms with van der Waals surface area (Å²) in [7, 11) is 0. The van der Waals surface area contributed by atoms with Crippen molar-refractivity contribution in [2.75, 3.05) is 19.7 Å². The second-order valence-corrected chi connectivity index (χ2v) is 9.30. The number of nitrogens with one attached hydrogen (secondary N) is 4. The molecule has 5 aliphatic rings. The van der Waals surface area contributed by atoms with Crippen LogP contribution in [-0.4, -0.2) is 59.8 Å². The van der Waals surface area contributed by atoms with Crippen molar-refractivity contribution in [3.8, 4) is 5.75 Å². The highest BCUT2D eigenvalue weighted by molar-refractivity contribution is 6.30. The van der Waals surface area contributed by atoms with Crippen molar-refractivity contribution < 1.29 is 18.7 Å². The van der Waals surface area contributed by atoms with Crippen LogP contribution in [0.3, 0.4) is 0 Å². The van der Waals surface area contributed by atoms with Crippen molar-refractivity contribution in [1.82, 2.24) is 26.4 Å². The first kappa shape index (κ1) is 20.0. The number of rotatable bonds is 6. The zero-order chi connectivity index (χ0) is 20.9. The van der Waals surface area contributed by atoms with Crippen LogP contribution in [0.15, 0.2) is 18.2 Å². The molecule has 3 aliphatic carbocycles. The molecule has 2 aliphatic heterocycles. The van der Waals surface area contributed by atoms with Crippen molar-refractivity contribution in [2.24, 2.45) is 0 Å². The van der Waals surface area contributed by atoms with Crippen molar-refractivity contribution in [2.45, 2.75) is 55.4 Å². The molecule has 0 aromatic heterocycles. The summed E-state index contributed by atoms with van der Waals surface area (Å²) < 4.78 is 18.8. The first-order chi connectivity index (χ1) is 14.4. The summed E-state index contributed by atoms with van der Waals surface area (Å²) in [5, 5.41) is 11.6. The Balaban J connectivity index is 1.07. The van der Waals surface area contributed by atoms with Gasteiger partial charge in [0.05, 0.1) is 11.2 Å². The molecule has 3 saturated carbocycles. The molecule has 1 aromatic rings. The molecule has 2 heterocycles. The molecular weight excluding hydrogens is 413 g/mol. The van der Waals surface area contributed by atoms with Crippen LogP contribution >= 0.6 is 11.6 Å². The number of halogens is 2. The molecular formula is C20H25ClFN5O3. The van der Waals surface area contributed by atoms with Crippen LogP contribution < -0.4 is 26.1 Å². The van der Waals surface area contributed by atoms with Gasteiger partial charge in [0, 0.05) is 30.2 Å². The number of benzene rings is 1. The minimum atomic E-state index is -0.588.